The number of anilines is 1. The van der Waals surface area contributed by atoms with Crippen LogP contribution in [0.25, 0.3) is 10.9 Å². The summed E-state index contributed by atoms with van der Waals surface area (Å²) in [6.07, 6.45) is 1.94. The molecule has 5 heteroatoms. The van der Waals surface area contributed by atoms with Gasteiger partial charge in [0.1, 0.15) is 6.54 Å². The Balaban J connectivity index is 1.41. The van der Waals surface area contributed by atoms with Gasteiger partial charge < -0.3 is 14.4 Å². The van der Waals surface area contributed by atoms with Crippen LogP contribution in [0.1, 0.15) is 0 Å². The summed E-state index contributed by atoms with van der Waals surface area (Å²) in [7, 11) is 0. The van der Waals surface area contributed by atoms with Crippen molar-refractivity contribution in [3.8, 4) is 0 Å². The monoisotopic (exact) mass is 353 g/mol. The van der Waals surface area contributed by atoms with E-state index in [1.807, 2.05) is 46.0 Å². The summed E-state index contributed by atoms with van der Waals surface area (Å²) in [5.41, 5.74) is 2.23. The van der Waals surface area contributed by atoms with Crippen LogP contribution in [-0.2, 0) is 11.3 Å². The SMILES string of the molecule is O=C(Cn1ccc2c(Cl)cccc21)N1CCN(c2ccccc2)CC1. The predicted octanol–water partition coefficient (Wildman–Crippen LogP) is 3.64. The van der Waals surface area contributed by atoms with E-state index in [2.05, 4.69) is 29.2 Å². The van der Waals surface area contributed by atoms with Crippen LogP contribution < -0.4 is 4.90 Å². The van der Waals surface area contributed by atoms with Gasteiger partial charge in [0.2, 0.25) is 5.91 Å². The number of piperazine rings is 1. The van der Waals surface area contributed by atoms with Crippen molar-refractivity contribution in [3.63, 3.8) is 0 Å². The van der Waals surface area contributed by atoms with E-state index in [9.17, 15) is 4.79 Å². The molecule has 0 spiro atoms. The standard InChI is InChI=1S/C20H20ClN3O/c21-18-7-4-8-19-17(18)9-10-24(19)15-20(25)23-13-11-22(12-14-23)16-5-2-1-3-6-16/h1-10H,11-15H2. The highest BCUT2D eigenvalue weighted by molar-refractivity contribution is 6.35. The zero-order valence-corrected chi connectivity index (χ0v) is 14.7. The summed E-state index contributed by atoms with van der Waals surface area (Å²) in [5.74, 6) is 0.158. The number of carbonyl (C=O) groups excluding carboxylic acids is 1. The summed E-state index contributed by atoms with van der Waals surface area (Å²) in [5, 5.41) is 1.71. The number of carbonyl (C=O) groups is 1. The average Bonchev–Trinajstić information content (AvgIpc) is 3.07. The van der Waals surface area contributed by atoms with E-state index in [1.165, 1.54) is 5.69 Å². The van der Waals surface area contributed by atoms with Gasteiger partial charge in [-0.2, -0.15) is 0 Å². The number of hydrogen-bond acceptors (Lipinski definition) is 2. The molecule has 1 saturated heterocycles. The molecule has 0 radical (unpaired) electrons. The van der Waals surface area contributed by atoms with Gasteiger partial charge in [-0.05, 0) is 30.3 Å². The molecule has 1 aliphatic rings. The predicted molar refractivity (Wildman–Crippen MR) is 102 cm³/mol. The van der Waals surface area contributed by atoms with Crippen molar-refractivity contribution in [2.75, 3.05) is 31.1 Å². The van der Waals surface area contributed by atoms with Crippen LogP contribution in [-0.4, -0.2) is 41.6 Å². The van der Waals surface area contributed by atoms with E-state index in [-0.39, 0.29) is 5.91 Å². The molecule has 3 aromatic rings. The Kier molecular flexibility index (Phi) is 4.36. The summed E-state index contributed by atoms with van der Waals surface area (Å²) >= 11 is 6.22. The zero-order valence-electron chi connectivity index (χ0n) is 13.9. The number of hydrogen-bond donors (Lipinski definition) is 0. The van der Waals surface area contributed by atoms with E-state index in [0.29, 0.717) is 6.54 Å². The largest absolute Gasteiger partial charge is 0.368 e. The Bertz CT molecular complexity index is 882. The average molecular weight is 354 g/mol. The highest BCUT2D eigenvalue weighted by Gasteiger charge is 2.21. The topological polar surface area (TPSA) is 28.5 Å². The maximum Gasteiger partial charge on any atom is 0.242 e. The fourth-order valence-corrected chi connectivity index (χ4v) is 3.65. The lowest BCUT2D eigenvalue weighted by molar-refractivity contribution is -0.132. The summed E-state index contributed by atoms with van der Waals surface area (Å²) in [6, 6.07) is 18.1. The van der Waals surface area contributed by atoms with Gasteiger partial charge in [-0.25, -0.2) is 0 Å². The van der Waals surface area contributed by atoms with Crippen molar-refractivity contribution in [3.05, 3.63) is 65.8 Å². The second-order valence-corrected chi connectivity index (χ2v) is 6.73. The summed E-state index contributed by atoms with van der Waals surface area (Å²) < 4.78 is 1.98. The number of para-hydroxylation sites is 1. The number of aromatic nitrogens is 1. The van der Waals surface area contributed by atoms with Gasteiger partial charge >= 0.3 is 0 Å². The quantitative estimate of drug-likeness (QED) is 0.719. The second-order valence-electron chi connectivity index (χ2n) is 6.32. The van der Waals surface area contributed by atoms with Gasteiger partial charge in [-0.1, -0.05) is 35.9 Å². The molecule has 25 heavy (non-hydrogen) atoms. The van der Waals surface area contributed by atoms with Gasteiger partial charge in [-0.15, -0.1) is 0 Å². The van der Waals surface area contributed by atoms with Gasteiger partial charge in [0, 0.05) is 54.0 Å². The smallest absolute Gasteiger partial charge is 0.242 e. The minimum Gasteiger partial charge on any atom is -0.368 e. The molecule has 0 unspecified atom stereocenters. The first-order valence-corrected chi connectivity index (χ1v) is 8.91. The third-order valence-corrected chi connectivity index (χ3v) is 5.15. The molecule has 1 amide bonds. The number of nitrogens with zero attached hydrogens (tertiary/aromatic N) is 3. The Hall–Kier alpha value is -2.46. The van der Waals surface area contributed by atoms with Crippen LogP contribution in [0.4, 0.5) is 5.69 Å². The molecule has 2 heterocycles. The van der Waals surface area contributed by atoms with Crippen LogP contribution in [0.15, 0.2) is 60.8 Å². The summed E-state index contributed by atoms with van der Waals surface area (Å²) in [4.78, 5) is 17.0. The first-order chi connectivity index (χ1) is 12.2. The molecule has 0 atom stereocenters. The second kappa shape index (κ2) is 6.81. The van der Waals surface area contributed by atoms with Crippen LogP contribution in [0.5, 0.6) is 0 Å². The maximum absolute atomic E-state index is 12.7. The normalized spacial score (nSPS) is 14.9. The first-order valence-electron chi connectivity index (χ1n) is 8.53. The van der Waals surface area contributed by atoms with E-state index < -0.39 is 0 Å². The molecule has 4 rings (SSSR count). The third kappa shape index (κ3) is 3.22. The Morgan fingerprint density at radius 3 is 2.44 bits per heavy atom. The Labute approximate surface area is 152 Å². The molecule has 1 aromatic heterocycles. The minimum atomic E-state index is 0.158. The van der Waals surface area contributed by atoms with Crippen molar-refractivity contribution in [2.24, 2.45) is 0 Å². The van der Waals surface area contributed by atoms with Crippen molar-refractivity contribution >= 4 is 34.1 Å². The molecule has 128 valence electrons. The molecule has 1 aliphatic heterocycles. The van der Waals surface area contributed by atoms with Gasteiger partial charge in [-0.3, -0.25) is 4.79 Å². The highest BCUT2D eigenvalue weighted by atomic mass is 35.5. The van der Waals surface area contributed by atoms with Crippen molar-refractivity contribution in [1.29, 1.82) is 0 Å². The molecule has 0 bridgehead atoms. The van der Waals surface area contributed by atoms with Gasteiger partial charge in [0.15, 0.2) is 0 Å². The van der Waals surface area contributed by atoms with Crippen molar-refractivity contribution < 1.29 is 4.79 Å². The summed E-state index contributed by atoms with van der Waals surface area (Å²) in [6.45, 7) is 3.61. The fraction of sp³-hybridized carbons (Fsp3) is 0.250. The van der Waals surface area contributed by atoms with E-state index in [1.54, 1.807) is 0 Å². The Morgan fingerprint density at radius 2 is 1.68 bits per heavy atom. The van der Waals surface area contributed by atoms with Gasteiger partial charge in [0.25, 0.3) is 0 Å². The lowest BCUT2D eigenvalue weighted by atomic mass is 10.2. The Morgan fingerprint density at radius 1 is 0.920 bits per heavy atom. The molecule has 2 aromatic carbocycles. The van der Waals surface area contributed by atoms with E-state index in [0.717, 1.165) is 42.1 Å². The van der Waals surface area contributed by atoms with Crippen LogP contribution in [0.3, 0.4) is 0 Å². The van der Waals surface area contributed by atoms with E-state index >= 15 is 0 Å². The fourth-order valence-electron chi connectivity index (χ4n) is 3.42. The molecule has 0 N–H and O–H groups in total. The van der Waals surface area contributed by atoms with Crippen LogP contribution in [0.2, 0.25) is 5.02 Å². The van der Waals surface area contributed by atoms with Crippen LogP contribution >= 0.6 is 11.6 Å². The molecule has 0 aliphatic carbocycles. The molecule has 0 saturated carbocycles. The number of halogens is 1. The number of rotatable bonds is 3. The molecular weight excluding hydrogens is 334 g/mol. The maximum atomic E-state index is 12.7. The van der Waals surface area contributed by atoms with Gasteiger partial charge in [0.05, 0.1) is 0 Å². The first kappa shape index (κ1) is 16.0. The van der Waals surface area contributed by atoms with Crippen molar-refractivity contribution in [2.45, 2.75) is 6.54 Å². The lowest BCUT2D eigenvalue weighted by Gasteiger charge is -2.36. The van der Waals surface area contributed by atoms with Crippen molar-refractivity contribution in [1.82, 2.24) is 9.47 Å². The highest BCUT2D eigenvalue weighted by Crippen LogP contribution is 2.24. The number of benzene rings is 2. The third-order valence-electron chi connectivity index (χ3n) is 4.82. The number of fused-ring (bicyclic) bond motifs is 1. The zero-order chi connectivity index (χ0) is 17.2. The number of amides is 1. The lowest BCUT2D eigenvalue weighted by Crippen LogP contribution is -2.49. The molecule has 4 nitrogen and oxygen atoms in total. The molecular formula is C20H20ClN3O. The van der Waals surface area contributed by atoms with E-state index in [4.69, 9.17) is 11.6 Å². The minimum absolute atomic E-state index is 0.158. The molecule has 1 fully saturated rings. The van der Waals surface area contributed by atoms with Crippen LogP contribution in [0, 0.1) is 0 Å².